The van der Waals surface area contributed by atoms with Crippen LogP contribution in [0.1, 0.15) is 5.56 Å². The number of nitrogens with zero attached hydrogens (tertiary/aromatic N) is 2. The number of aromatic nitrogens is 2. The van der Waals surface area contributed by atoms with Crippen LogP contribution in [-0.4, -0.2) is 9.38 Å². The second kappa shape index (κ2) is 3.63. The van der Waals surface area contributed by atoms with E-state index in [4.69, 9.17) is 5.73 Å². The van der Waals surface area contributed by atoms with Crippen molar-refractivity contribution in [2.45, 2.75) is 6.92 Å². The van der Waals surface area contributed by atoms with E-state index in [1.807, 2.05) is 47.1 Å². The molecular formula is C14H13N3. The molecule has 0 aliphatic rings. The third-order valence-corrected chi connectivity index (χ3v) is 2.94. The van der Waals surface area contributed by atoms with Crippen molar-refractivity contribution >= 4 is 11.3 Å². The Morgan fingerprint density at radius 3 is 3.00 bits per heavy atom. The molecule has 0 amide bonds. The van der Waals surface area contributed by atoms with Gasteiger partial charge < -0.3 is 10.1 Å². The Labute approximate surface area is 99.5 Å². The van der Waals surface area contributed by atoms with Gasteiger partial charge in [0, 0.05) is 29.8 Å². The Hall–Kier alpha value is -2.29. The maximum atomic E-state index is 5.83. The molecule has 17 heavy (non-hydrogen) atoms. The monoisotopic (exact) mass is 223 g/mol. The summed E-state index contributed by atoms with van der Waals surface area (Å²) < 4.78 is 2.01. The van der Waals surface area contributed by atoms with Crippen LogP contribution in [0.25, 0.3) is 16.8 Å². The lowest BCUT2D eigenvalue weighted by Crippen LogP contribution is -1.92. The standard InChI is InChI=1S/C14H13N3/c1-10-4-5-12(15)7-13(10)11-8-16-14-3-2-6-17(14)9-11/h2-9H,15H2,1H3. The van der Waals surface area contributed by atoms with Crippen molar-refractivity contribution in [3.05, 3.63) is 54.5 Å². The number of hydrogen-bond donors (Lipinski definition) is 1. The second-order valence-corrected chi connectivity index (χ2v) is 4.19. The first-order valence-electron chi connectivity index (χ1n) is 5.53. The van der Waals surface area contributed by atoms with Crippen LogP contribution in [-0.2, 0) is 0 Å². The number of nitrogen functional groups attached to an aromatic ring is 1. The lowest BCUT2D eigenvalue weighted by atomic mass is 10.0. The normalized spacial score (nSPS) is 10.9. The third-order valence-electron chi connectivity index (χ3n) is 2.94. The van der Waals surface area contributed by atoms with Crippen molar-refractivity contribution in [2.24, 2.45) is 0 Å². The lowest BCUT2D eigenvalue weighted by Gasteiger charge is -2.07. The summed E-state index contributed by atoms with van der Waals surface area (Å²) in [5, 5.41) is 0. The molecule has 2 aromatic heterocycles. The smallest absolute Gasteiger partial charge is 0.136 e. The van der Waals surface area contributed by atoms with Crippen LogP contribution < -0.4 is 5.73 Å². The molecule has 3 rings (SSSR count). The van der Waals surface area contributed by atoms with E-state index in [1.54, 1.807) is 0 Å². The molecule has 2 N–H and O–H groups in total. The number of benzene rings is 1. The van der Waals surface area contributed by atoms with Crippen LogP contribution in [0.5, 0.6) is 0 Å². The topological polar surface area (TPSA) is 43.3 Å². The first-order chi connectivity index (χ1) is 8.24. The van der Waals surface area contributed by atoms with E-state index in [2.05, 4.69) is 18.1 Å². The summed E-state index contributed by atoms with van der Waals surface area (Å²) in [7, 11) is 0. The Bertz CT molecular complexity index is 683. The van der Waals surface area contributed by atoms with Crippen molar-refractivity contribution in [1.29, 1.82) is 0 Å². The Kier molecular flexibility index (Phi) is 2.11. The summed E-state index contributed by atoms with van der Waals surface area (Å²) in [5.41, 5.74) is 11.0. The highest BCUT2D eigenvalue weighted by Gasteiger charge is 2.04. The van der Waals surface area contributed by atoms with E-state index in [-0.39, 0.29) is 0 Å². The molecule has 0 bridgehead atoms. The van der Waals surface area contributed by atoms with Crippen LogP contribution >= 0.6 is 0 Å². The molecule has 2 heterocycles. The average Bonchev–Trinajstić information content (AvgIpc) is 2.79. The zero-order valence-electron chi connectivity index (χ0n) is 9.59. The van der Waals surface area contributed by atoms with Crippen LogP contribution in [0.15, 0.2) is 48.9 Å². The molecule has 0 aliphatic carbocycles. The second-order valence-electron chi connectivity index (χ2n) is 4.19. The molecular weight excluding hydrogens is 210 g/mol. The number of fused-ring (bicyclic) bond motifs is 1. The van der Waals surface area contributed by atoms with E-state index in [0.29, 0.717) is 0 Å². The molecule has 3 heteroatoms. The average molecular weight is 223 g/mol. The van der Waals surface area contributed by atoms with Gasteiger partial charge in [0.2, 0.25) is 0 Å². The van der Waals surface area contributed by atoms with Gasteiger partial charge in [-0.05, 0) is 42.3 Å². The quantitative estimate of drug-likeness (QED) is 0.644. The highest BCUT2D eigenvalue weighted by atomic mass is 15.0. The first-order valence-corrected chi connectivity index (χ1v) is 5.53. The van der Waals surface area contributed by atoms with Crippen molar-refractivity contribution < 1.29 is 0 Å². The van der Waals surface area contributed by atoms with Crippen LogP contribution in [0.2, 0.25) is 0 Å². The summed E-state index contributed by atoms with van der Waals surface area (Å²) in [5.74, 6) is 0. The summed E-state index contributed by atoms with van der Waals surface area (Å²) in [6.45, 7) is 2.08. The Morgan fingerprint density at radius 1 is 1.24 bits per heavy atom. The number of anilines is 1. The van der Waals surface area contributed by atoms with Gasteiger partial charge in [-0.1, -0.05) is 6.07 Å². The number of aryl methyl sites for hydroxylation is 1. The highest BCUT2D eigenvalue weighted by Crippen LogP contribution is 2.25. The molecule has 0 radical (unpaired) electrons. The van der Waals surface area contributed by atoms with Crippen molar-refractivity contribution in [3.63, 3.8) is 0 Å². The van der Waals surface area contributed by atoms with Crippen molar-refractivity contribution in [2.75, 3.05) is 5.73 Å². The first kappa shape index (κ1) is 9.90. The molecule has 0 aliphatic heterocycles. The summed E-state index contributed by atoms with van der Waals surface area (Å²) in [4.78, 5) is 4.41. The fourth-order valence-corrected chi connectivity index (χ4v) is 2.01. The molecule has 0 spiro atoms. The van der Waals surface area contributed by atoms with Gasteiger partial charge in [0.15, 0.2) is 0 Å². The zero-order valence-corrected chi connectivity index (χ0v) is 9.59. The molecule has 0 fully saturated rings. The number of nitrogens with two attached hydrogens (primary N) is 1. The third kappa shape index (κ3) is 1.65. The maximum Gasteiger partial charge on any atom is 0.136 e. The summed E-state index contributed by atoms with van der Waals surface area (Å²) in [6, 6.07) is 9.90. The van der Waals surface area contributed by atoms with Gasteiger partial charge in [-0.2, -0.15) is 0 Å². The SMILES string of the molecule is Cc1ccc(N)cc1-c1cnc2cccn2c1. The maximum absolute atomic E-state index is 5.83. The Morgan fingerprint density at radius 2 is 2.12 bits per heavy atom. The lowest BCUT2D eigenvalue weighted by molar-refractivity contribution is 1.13. The van der Waals surface area contributed by atoms with Gasteiger partial charge in [-0.15, -0.1) is 0 Å². The molecule has 0 atom stereocenters. The molecule has 1 aromatic carbocycles. The van der Waals surface area contributed by atoms with Gasteiger partial charge in [0.05, 0.1) is 0 Å². The molecule has 3 aromatic rings. The summed E-state index contributed by atoms with van der Waals surface area (Å²) in [6.07, 6.45) is 5.95. The molecule has 0 saturated carbocycles. The van der Waals surface area contributed by atoms with E-state index in [9.17, 15) is 0 Å². The van der Waals surface area contributed by atoms with Crippen LogP contribution in [0, 0.1) is 6.92 Å². The largest absolute Gasteiger partial charge is 0.399 e. The summed E-state index contributed by atoms with van der Waals surface area (Å²) >= 11 is 0. The van der Waals surface area contributed by atoms with E-state index >= 15 is 0 Å². The predicted molar refractivity (Wildman–Crippen MR) is 69.8 cm³/mol. The van der Waals surface area contributed by atoms with E-state index < -0.39 is 0 Å². The Balaban J connectivity index is 2.22. The van der Waals surface area contributed by atoms with E-state index in [0.717, 1.165) is 22.5 Å². The van der Waals surface area contributed by atoms with Crippen molar-refractivity contribution in [1.82, 2.24) is 9.38 Å². The number of hydrogen-bond acceptors (Lipinski definition) is 2. The van der Waals surface area contributed by atoms with Gasteiger partial charge >= 0.3 is 0 Å². The van der Waals surface area contributed by atoms with Gasteiger partial charge in [0.1, 0.15) is 5.65 Å². The van der Waals surface area contributed by atoms with Gasteiger partial charge in [-0.3, -0.25) is 0 Å². The highest BCUT2D eigenvalue weighted by molar-refractivity contribution is 5.70. The molecule has 3 nitrogen and oxygen atoms in total. The fourth-order valence-electron chi connectivity index (χ4n) is 2.01. The molecule has 0 saturated heterocycles. The van der Waals surface area contributed by atoms with Crippen molar-refractivity contribution in [3.8, 4) is 11.1 Å². The number of rotatable bonds is 1. The van der Waals surface area contributed by atoms with E-state index in [1.165, 1.54) is 5.56 Å². The van der Waals surface area contributed by atoms with Crippen LogP contribution in [0.4, 0.5) is 5.69 Å². The minimum absolute atomic E-state index is 0.776. The fraction of sp³-hybridized carbons (Fsp3) is 0.0714. The van der Waals surface area contributed by atoms with Gasteiger partial charge in [0.25, 0.3) is 0 Å². The van der Waals surface area contributed by atoms with Gasteiger partial charge in [-0.25, -0.2) is 4.98 Å². The van der Waals surface area contributed by atoms with Crippen LogP contribution in [0.3, 0.4) is 0 Å². The molecule has 0 unspecified atom stereocenters. The minimum atomic E-state index is 0.776. The predicted octanol–water partition coefficient (Wildman–Crippen LogP) is 2.89. The minimum Gasteiger partial charge on any atom is -0.399 e. The zero-order chi connectivity index (χ0) is 11.8. The molecule has 84 valence electrons.